The third kappa shape index (κ3) is 4.66. The molecule has 7 nitrogen and oxygen atoms in total. The number of benzene rings is 1. The van der Waals surface area contributed by atoms with Gasteiger partial charge in [0.15, 0.2) is 11.6 Å². The number of ketones is 1. The molecule has 1 saturated heterocycles. The van der Waals surface area contributed by atoms with E-state index in [2.05, 4.69) is 82.2 Å². The van der Waals surface area contributed by atoms with Crippen molar-refractivity contribution >= 4 is 22.6 Å². The van der Waals surface area contributed by atoms with Crippen LogP contribution in [0.5, 0.6) is 0 Å². The minimum Gasteiger partial charge on any atom is -0.361 e. The standard InChI is InChI=1S/C24H34N6O/c1-5-8-17(13-18-15-25-20-10-7-6-9-19(18)20)14-21(31)22-26-23(28-27-22)30-12-11-29(4)24(2,3)16-30/h6-7,9-10,15,17,25H,5,8,11-14,16H2,1-4H3,(H,26,27,28). The van der Waals surface area contributed by atoms with E-state index in [1.54, 1.807) is 0 Å². The number of carbonyl (C=O) groups excluding carboxylic acids is 1. The maximum absolute atomic E-state index is 13.0. The van der Waals surface area contributed by atoms with Gasteiger partial charge in [-0.25, -0.2) is 0 Å². The van der Waals surface area contributed by atoms with Crippen LogP contribution in [0.3, 0.4) is 0 Å². The lowest BCUT2D eigenvalue weighted by Gasteiger charge is -2.44. The van der Waals surface area contributed by atoms with E-state index in [4.69, 9.17) is 0 Å². The zero-order valence-electron chi connectivity index (χ0n) is 19.1. The number of para-hydroxylation sites is 1. The molecule has 3 aromatic rings. The average Bonchev–Trinajstić information content (AvgIpc) is 3.38. The Morgan fingerprint density at radius 1 is 1.26 bits per heavy atom. The van der Waals surface area contributed by atoms with E-state index in [1.165, 1.54) is 10.9 Å². The molecule has 2 aromatic heterocycles. The molecule has 0 radical (unpaired) electrons. The summed E-state index contributed by atoms with van der Waals surface area (Å²) in [5.74, 6) is 1.35. The van der Waals surface area contributed by atoms with Gasteiger partial charge in [0.25, 0.3) is 0 Å². The topological polar surface area (TPSA) is 80.9 Å². The first-order valence-corrected chi connectivity index (χ1v) is 11.3. The lowest BCUT2D eigenvalue weighted by Crippen LogP contribution is -2.58. The van der Waals surface area contributed by atoms with Crippen LogP contribution in [-0.4, -0.2) is 63.1 Å². The van der Waals surface area contributed by atoms with E-state index in [-0.39, 0.29) is 17.2 Å². The SMILES string of the molecule is CCCC(CC(=O)c1nc(N2CCN(C)C(C)(C)C2)n[nH]1)Cc1c[nH]c2ccccc12. The molecular formula is C24H34N6O. The minimum atomic E-state index is 0.0467. The molecule has 0 bridgehead atoms. The largest absolute Gasteiger partial charge is 0.361 e. The van der Waals surface area contributed by atoms with Gasteiger partial charge in [0.2, 0.25) is 5.95 Å². The Kier molecular flexibility index (Phi) is 6.14. The number of fused-ring (bicyclic) bond motifs is 1. The van der Waals surface area contributed by atoms with Crippen molar-refractivity contribution in [3.05, 3.63) is 41.9 Å². The maximum Gasteiger partial charge on any atom is 0.245 e. The number of hydrogen-bond donors (Lipinski definition) is 2. The van der Waals surface area contributed by atoms with Gasteiger partial charge in [-0.05, 0) is 51.3 Å². The molecule has 1 unspecified atom stereocenters. The van der Waals surface area contributed by atoms with Gasteiger partial charge >= 0.3 is 0 Å². The quantitative estimate of drug-likeness (QED) is 0.535. The Bertz CT molecular complexity index is 1040. The molecule has 31 heavy (non-hydrogen) atoms. The summed E-state index contributed by atoms with van der Waals surface area (Å²) in [6.45, 7) is 9.27. The number of nitrogens with zero attached hydrogens (tertiary/aromatic N) is 4. The average molecular weight is 423 g/mol. The molecule has 1 aliphatic heterocycles. The number of likely N-dealkylation sites (N-methyl/N-ethyl adjacent to an activating group) is 1. The Morgan fingerprint density at radius 2 is 2.06 bits per heavy atom. The second kappa shape index (κ2) is 8.83. The molecule has 0 aliphatic carbocycles. The fourth-order valence-corrected chi connectivity index (χ4v) is 4.58. The summed E-state index contributed by atoms with van der Waals surface area (Å²) < 4.78 is 0. The first kappa shape index (κ1) is 21.6. The van der Waals surface area contributed by atoms with Gasteiger partial charge in [0.05, 0.1) is 0 Å². The van der Waals surface area contributed by atoms with Crippen molar-refractivity contribution in [3.63, 3.8) is 0 Å². The summed E-state index contributed by atoms with van der Waals surface area (Å²) in [7, 11) is 2.14. The van der Waals surface area contributed by atoms with E-state index < -0.39 is 0 Å². The number of carbonyl (C=O) groups is 1. The van der Waals surface area contributed by atoms with Gasteiger partial charge in [-0.15, -0.1) is 5.10 Å². The molecule has 1 aliphatic rings. The number of Topliss-reactive ketones (excluding diaryl/α,β-unsaturated/α-hetero) is 1. The third-order valence-corrected chi connectivity index (χ3v) is 6.69. The number of rotatable bonds is 8. The molecule has 7 heteroatoms. The molecular weight excluding hydrogens is 388 g/mol. The minimum absolute atomic E-state index is 0.0467. The van der Waals surface area contributed by atoms with E-state index in [1.807, 2.05) is 6.07 Å². The fraction of sp³-hybridized carbons (Fsp3) is 0.542. The lowest BCUT2D eigenvalue weighted by atomic mass is 9.90. The number of anilines is 1. The summed E-state index contributed by atoms with van der Waals surface area (Å²) in [5, 5.41) is 8.52. The highest BCUT2D eigenvalue weighted by molar-refractivity contribution is 5.93. The zero-order valence-corrected chi connectivity index (χ0v) is 19.1. The summed E-state index contributed by atoms with van der Waals surface area (Å²) in [5.41, 5.74) is 2.48. The monoisotopic (exact) mass is 422 g/mol. The van der Waals surface area contributed by atoms with Gasteiger partial charge in [-0.2, -0.15) is 4.98 Å². The van der Waals surface area contributed by atoms with Crippen LogP contribution in [0.1, 0.15) is 56.2 Å². The van der Waals surface area contributed by atoms with E-state index in [0.29, 0.717) is 18.2 Å². The highest BCUT2D eigenvalue weighted by Crippen LogP contribution is 2.26. The molecule has 3 heterocycles. The first-order valence-electron chi connectivity index (χ1n) is 11.3. The number of hydrogen-bond acceptors (Lipinski definition) is 5. The van der Waals surface area contributed by atoms with E-state index in [9.17, 15) is 4.79 Å². The maximum atomic E-state index is 13.0. The van der Waals surface area contributed by atoms with Crippen LogP contribution in [0.25, 0.3) is 10.9 Å². The van der Waals surface area contributed by atoms with Crippen LogP contribution in [-0.2, 0) is 6.42 Å². The molecule has 0 amide bonds. The van der Waals surface area contributed by atoms with Crippen molar-refractivity contribution < 1.29 is 4.79 Å². The van der Waals surface area contributed by atoms with Crippen molar-refractivity contribution in [1.82, 2.24) is 25.1 Å². The fourth-order valence-electron chi connectivity index (χ4n) is 4.58. The van der Waals surface area contributed by atoms with E-state index in [0.717, 1.165) is 44.4 Å². The Hall–Kier alpha value is -2.67. The van der Waals surface area contributed by atoms with Crippen LogP contribution in [0.2, 0.25) is 0 Å². The summed E-state index contributed by atoms with van der Waals surface area (Å²) in [6, 6.07) is 8.34. The molecule has 166 valence electrons. The first-order chi connectivity index (χ1) is 14.9. The van der Waals surface area contributed by atoms with Gasteiger partial charge in [0.1, 0.15) is 0 Å². The molecule has 1 fully saturated rings. The van der Waals surface area contributed by atoms with Crippen LogP contribution in [0.15, 0.2) is 30.5 Å². The van der Waals surface area contributed by atoms with Crippen LogP contribution in [0, 0.1) is 5.92 Å². The van der Waals surface area contributed by atoms with Crippen molar-refractivity contribution in [3.8, 4) is 0 Å². The second-order valence-corrected chi connectivity index (χ2v) is 9.49. The molecule has 0 spiro atoms. The lowest BCUT2D eigenvalue weighted by molar-refractivity contribution is 0.0948. The smallest absolute Gasteiger partial charge is 0.245 e. The van der Waals surface area contributed by atoms with Crippen LogP contribution >= 0.6 is 0 Å². The molecule has 1 aromatic carbocycles. The van der Waals surface area contributed by atoms with Crippen molar-refractivity contribution in [1.29, 1.82) is 0 Å². The number of nitrogens with one attached hydrogen (secondary N) is 2. The van der Waals surface area contributed by atoms with Crippen LogP contribution < -0.4 is 4.90 Å². The number of H-pyrrole nitrogens is 2. The zero-order chi connectivity index (χ0) is 22.0. The van der Waals surface area contributed by atoms with Crippen molar-refractivity contribution in [2.75, 3.05) is 31.6 Å². The van der Waals surface area contributed by atoms with Gasteiger partial charge in [0, 0.05) is 48.7 Å². The van der Waals surface area contributed by atoms with Crippen molar-refractivity contribution in [2.45, 2.75) is 52.0 Å². The van der Waals surface area contributed by atoms with Crippen LogP contribution in [0.4, 0.5) is 5.95 Å². The predicted molar refractivity (Wildman–Crippen MR) is 125 cm³/mol. The highest BCUT2D eigenvalue weighted by Gasteiger charge is 2.33. The van der Waals surface area contributed by atoms with E-state index >= 15 is 0 Å². The summed E-state index contributed by atoms with van der Waals surface area (Å²) in [4.78, 5) is 25.5. The van der Waals surface area contributed by atoms with Gasteiger partial charge in [-0.1, -0.05) is 31.5 Å². The molecule has 4 rings (SSSR count). The highest BCUT2D eigenvalue weighted by atomic mass is 16.1. The van der Waals surface area contributed by atoms with Crippen molar-refractivity contribution in [2.24, 2.45) is 5.92 Å². The number of aromatic amines is 2. The Morgan fingerprint density at radius 3 is 2.84 bits per heavy atom. The third-order valence-electron chi connectivity index (χ3n) is 6.69. The normalized spacial score (nSPS) is 17.9. The molecule has 1 atom stereocenters. The number of piperazine rings is 1. The number of aromatic nitrogens is 4. The second-order valence-electron chi connectivity index (χ2n) is 9.49. The van der Waals surface area contributed by atoms with Gasteiger partial charge < -0.3 is 9.88 Å². The molecule has 2 N–H and O–H groups in total. The summed E-state index contributed by atoms with van der Waals surface area (Å²) >= 11 is 0. The summed E-state index contributed by atoms with van der Waals surface area (Å²) in [6.07, 6.45) is 5.52. The van der Waals surface area contributed by atoms with Gasteiger partial charge in [-0.3, -0.25) is 14.8 Å². The Balaban J connectivity index is 1.44. The molecule has 0 saturated carbocycles. The predicted octanol–water partition coefficient (Wildman–Crippen LogP) is 4.05. The Labute approximate surface area is 184 Å².